The van der Waals surface area contributed by atoms with Gasteiger partial charge >= 0.3 is 0 Å². The lowest BCUT2D eigenvalue weighted by Gasteiger charge is -2.14. The normalized spacial score (nSPS) is 11.9. The van der Waals surface area contributed by atoms with Crippen LogP contribution in [0.3, 0.4) is 0 Å². The largest absolute Gasteiger partial charge is 0.496 e. The van der Waals surface area contributed by atoms with E-state index in [1.807, 2.05) is 19.1 Å². The molecule has 0 fully saturated rings. The molecule has 0 saturated heterocycles. The van der Waals surface area contributed by atoms with Crippen molar-refractivity contribution in [1.82, 2.24) is 5.32 Å². The van der Waals surface area contributed by atoms with Gasteiger partial charge in [-0.25, -0.2) is 0 Å². The van der Waals surface area contributed by atoms with Gasteiger partial charge in [-0.05, 0) is 25.5 Å². The van der Waals surface area contributed by atoms with Crippen molar-refractivity contribution >= 4 is 5.91 Å². The molecule has 1 aromatic carbocycles. The summed E-state index contributed by atoms with van der Waals surface area (Å²) in [4.78, 5) is 11.9. The number of hydrogen-bond donors (Lipinski definition) is 1. The highest BCUT2D eigenvalue weighted by molar-refractivity contribution is 5.97. The third-order valence-corrected chi connectivity index (χ3v) is 2.45. The molecule has 3 heteroatoms. The van der Waals surface area contributed by atoms with Gasteiger partial charge in [0, 0.05) is 6.04 Å². The maximum Gasteiger partial charge on any atom is 0.255 e. The molecule has 0 aliphatic carbocycles. The zero-order valence-electron chi connectivity index (χ0n) is 10.1. The second-order valence-corrected chi connectivity index (χ2v) is 3.86. The van der Waals surface area contributed by atoms with Crippen LogP contribution < -0.4 is 10.1 Å². The Morgan fingerprint density at radius 1 is 1.44 bits per heavy atom. The number of ether oxygens (including phenoxy) is 1. The van der Waals surface area contributed by atoms with Gasteiger partial charge in [-0.3, -0.25) is 4.79 Å². The standard InChI is InChI=1S/C13H19NO2/c1-4-7-10(2)14-13(15)11-8-5-6-9-12(11)16-3/h5-6,8-10H,4,7H2,1-3H3,(H,14,15)/t10-/m0/s1. The van der Waals surface area contributed by atoms with E-state index < -0.39 is 0 Å². The first-order valence-electron chi connectivity index (χ1n) is 5.63. The Morgan fingerprint density at radius 3 is 2.75 bits per heavy atom. The summed E-state index contributed by atoms with van der Waals surface area (Å²) >= 11 is 0. The smallest absolute Gasteiger partial charge is 0.255 e. The molecular formula is C13H19NO2. The molecule has 16 heavy (non-hydrogen) atoms. The predicted molar refractivity (Wildman–Crippen MR) is 64.8 cm³/mol. The lowest BCUT2D eigenvalue weighted by Crippen LogP contribution is -2.32. The minimum Gasteiger partial charge on any atom is -0.496 e. The van der Waals surface area contributed by atoms with E-state index in [4.69, 9.17) is 4.74 Å². The molecule has 1 atom stereocenters. The summed E-state index contributed by atoms with van der Waals surface area (Å²) in [5.74, 6) is 0.544. The van der Waals surface area contributed by atoms with Gasteiger partial charge in [0.1, 0.15) is 5.75 Å². The van der Waals surface area contributed by atoms with Crippen LogP contribution in [-0.4, -0.2) is 19.1 Å². The maximum atomic E-state index is 11.9. The van der Waals surface area contributed by atoms with Gasteiger partial charge in [0.15, 0.2) is 0 Å². The van der Waals surface area contributed by atoms with Crippen LogP contribution >= 0.6 is 0 Å². The molecule has 0 aliphatic heterocycles. The summed E-state index contributed by atoms with van der Waals surface area (Å²) in [7, 11) is 1.57. The number of carbonyl (C=O) groups is 1. The maximum absolute atomic E-state index is 11.9. The van der Waals surface area contributed by atoms with Crippen molar-refractivity contribution < 1.29 is 9.53 Å². The molecule has 88 valence electrons. The van der Waals surface area contributed by atoms with Gasteiger partial charge in [-0.2, -0.15) is 0 Å². The number of amides is 1. The summed E-state index contributed by atoms with van der Waals surface area (Å²) in [6.07, 6.45) is 2.05. The van der Waals surface area contributed by atoms with Crippen molar-refractivity contribution in [1.29, 1.82) is 0 Å². The van der Waals surface area contributed by atoms with Crippen molar-refractivity contribution in [3.8, 4) is 5.75 Å². The van der Waals surface area contributed by atoms with Crippen molar-refractivity contribution in [2.24, 2.45) is 0 Å². The Labute approximate surface area is 96.8 Å². The number of benzene rings is 1. The van der Waals surface area contributed by atoms with E-state index in [0.717, 1.165) is 12.8 Å². The Hall–Kier alpha value is -1.51. The third kappa shape index (κ3) is 3.26. The molecule has 1 rings (SSSR count). The van der Waals surface area contributed by atoms with Gasteiger partial charge in [-0.1, -0.05) is 25.5 Å². The highest BCUT2D eigenvalue weighted by atomic mass is 16.5. The number of methoxy groups -OCH3 is 1. The summed E-state index contributed by atoms with van der Waals surface area (Å²) in [6, 6.07) is 7.45. The topological polar surface area (TPSA) is 38.3 Å². The van der Waals surface area contributed by atoms with E-state index in [1.54, 1.807) is 19.2 Å². The molecule has 0 unspecified atom stereocenters. The van der Waals surface area contributed by atoms with E-state index in [0.29, 0.717) is 11.3 Å². The SMILES string of the molecule is CCC[C@H](C)NC(=O)c1ccccc1OC. The van der Waals surface area contributed by atoms with E-state index >= 15 is 0 Å². The average Bonchev–Trinajstić information content (AvgIpc) is 2.29. The fourth-order valence-electron chi connectivity index (χ4n) is 1.64. The van der Waals surface area contributed by atoms with Crippen LogP contribution in [0.5, 0.6) is 5.75 Å². The van der Waals surface area contributed by atoms with Crippen LogP contribution in [0, 0.1) is 0 Å². The summed E-state index contributed by atoms with van der Waals surface area (Å²) in [5, 5.41) is 2.95. The van der Waals surface area contributed by atoms with Crippen molar-refractivity contribution in [3.05, 3.63) is 29.8 Å². The number of para-hydroxylation sites is 1. The molecule has 0 radical (unpaired) electrons. The molecule has 1 aromatic rings. The van der Waals surface area contributed by atoms with Crippen molar-refractivity contribution in [2.75, 3.05) is 7.11 Å². The van der Waals surface area contributed by atoms with Crippen LogP contribution in [0.25, 0.3) is 0 Å². The highest BCUT2D eigenvalue weighted by Crippen LogP contribution is 2.17. The van der Waals surface area contributed by atoms with Gasteiger partial charge in [0.2, 0.25) is 0 Å². The minimum atomic E-state index is -0.0709. The molecule has 0 aromatic heterocycles. The number of rotatable bonds is 5. The zero-order valence-corrected chi connectivity index (χ0v) is 10.1. The lowest BCUT2D eigenvalue weighted by atomic mass is 10.1. The Balaban J connectivity index is 2.72. The van der Waals surface area contributed by atoms with E-state index in [1.165, 1.54) is 0 Å². The van der Waals surface area contributed by atoms with E-state index in [9.17, 15) is 4.79 Å². The Kier molecular flexibility index (Phi) is 4.83. The third-order valence-electron chi connectivity index (χ3n) is 2.45. The Morgan fingerprint density at radius 2 is 2.12 bits per heavy atom. The van der Waals surface area contributed by atoms with Crippen LogP contribution in [0.2, 0.25) is 0 Å². The van der Waals surface area contributed by atoms with Crippen molar-refractivity contribution in [3.63, 3.8) is 0 Å². The fraction of sp³-hybridized carbons (Fsp3) is 0.462. The second-order valence-electron chi connectivity index (χ2n) is 3.86. The lowest BCUT2D eigenvalue weighted by molar-refractivity contribution is 0.0935. The molecule has 0 saturated carbocycles. The van der Waals surface area contributed by atoms with Crippen LogP contribution in [-0.2, 0) is 0 Å². The first kappa shape index (κ1) is 12.6. The number of hydrogen-bond acceptors (Lipinski definition) is 2. The molecule has 0 spiro atoms. The van der Waals surface area contributed by atoms with E-state index in [2.05, 4.69) is 12.2 Å². The molecule has 1 N–H and O–H groups in total. The molecular weight excluding hydrogens is 202 g/mol. The van der Waals surface area contributed by atoms with Gasteiger partial charge in [0.25, 0.3) is 5.91 Å². The summed E-state index contributed by atoms with van der Waals surface area (Å²) in [6.45, 7) is 4.11. The van der Waals surface area contributed by atoms with Crippen LogP contribution in [0.4, 0.5) is 0 Å². The van der Waals surface area contributed by atoms with Crippen LogP contribution in [0.1, 0.15) is 37.0 Å². The molecule has 0 bridgehead atoms. The minimum absolute atomic E-state index is 0.0709. The first-order chi connectivity index (χ1) is 7.69. The first-order valence-corrected chi connectivity index (χ1v) is 5.63. The quantitative estimate of drug-likeness (QED) is 0.830. The van der Waals surface area contributed by atoms with Gasteiger partial charge in [0.05, 0.1) is 12.7 Å². The van der Waals surface area contributed by atoms with Crippen molar-refractivity contribution in [2.45, 2.75) is 32.7 Å². The number of carbonyl (C=O) groups excluding carboxylic acids is 1. The molecule has 1 amide bonds. The van der Waals surface area contributed by atoms with Crippen LogP contribution in [0.15, 0.2) is 24.3 Å². The van der Waals surface area contributed by atoms with Gasteiger partial charge in [-0.15, -0.1) is 0 Å². The fourth-order valence-corrected chi connectivity index (χ4v) is 1.64. The summed E-state index contributed by atoms with van der Waals surface area (Å²) < 4.78 is 5.15. The van der Waals surface area contributed by atoms with E-state index in [-0.39, 0.29) is 11.9 Å². The molecule has 3 nitrogen and oxygen atoms in total. The average molecular weight is 221 g/mol. The van der Waals surface area contributed by atoms with Gasteiger partial charge < -0.3 is 10.1 Å². The zero-order chi connectivity index (χ0) is 12.0. The summed E-state index contributed by atoms with van der Waals surface area (Å²) in [5.41, 5.74) is 0.591. The monoisotopic (exact) mass is 221 g/mol. The molecule has 0 heterocycles. The highest BCUT2D eigenvalue weighted by Gasteiger charge is 2.13. The number of nitrogens with one attached hydrogen (secondary N) is 1. The second kappa shape index (κ2) is 6.16. The Bertz CT molecular complexity index is 350. The predicted octanol–water partition coefficient (Wildman–Crippen LogP) is 2.61. The molecule has 0 aliphatic rings.